The van der Waals surface area contributed by atoms with Crippen molar-refractivity contribution >= 4 is 64.2 Å². The number of alkyl halides is 3. The van der Waals surface area contributed by atoms with Crippen molar-refractivity contribution in [3.8, 4) is 0 Å². The maximum absolute atomic E-state index is 11.9. The monoisotopic (exact) mass is 678 g/mol. The number of benzene rings is 1. The third kappa shape index (κ3) is 17.3. The molecule has 0 aliphatic heterocycles. The average molecular weight is 678 g/mol. The van der Waals surface area contributed by atoms with Gasteiger partial charge in [-0.2, -0.15) is 13.2 Å². The summed E-state index contributed by atoms with van der Waals surface area (Å²) in [5.41, 5.74) is 0.632. The van der Waals surface area contributed by atoms with E-state index in [4.69, 9.17) is 20.1 Å². The number of halogens is 4. The minimum atomic E-state index is -5.08. The summed E-state index contributed by atoms with van der Waals surface area (Å²) < 4.78 is 32.8. The highest BCUT2D eigenvalue weighted by molar-refractivity contribution is 14.1. The maximum atomic E-state index is 11.9. The topological polar surface area (TPSA) is 231 Å². The second kappa shape index (κ2) is 17.6. The van der Waals surface area contributed by atoms with Crippen molar-refractivity contribution < 1.29 is 62.4 Å². The summed E-state index contributed by atoms with van der Waals surface area (Å²) in [4.78, 5) is 65.7. The molecule has 8 N–H and O–H groups in total. The Kier molecular flexibility index (Phi) is 15.9. The van der Waals surface area contributed by atoms with Gasteiger partial charge >= 0.3 is 42.1 Å². The second-order valence-electron chi connectivity index (χ2n) is 7.52. The number of carbonyl (C=O) groups excluding carboxylic acids is 2. The van der Waals surface area contributed by atoms with E-state index in [1.165, 1.54) is 0 Å². The Bertz CT molecular complexity index is 1010. The number of hydrogen-bond acceptors (Lipinski definition) is 6. The summed E-state index contributed by atoms with van der Waals surface area (Å²) in [6.07, 6.45) is -5.03. The standard InChI is InChI=1S/C19H25IN4O8.C2HF3O2/c20-11-4-6-12(7-5-11)22-18(31)21-10-2-1-3-13(16(27)28)23-19(32)24-14(17(29)30)8-9-15(25)26;3-2(4,5)1(6)7/h4-7,13-14H,1-3,8-10H2,(H,25,26)(H,27,28)(H,29,30)(H2,21,22,31)(H2,23,24,32);(H,6,7)/t13-,14-;/m0./s1. The number of carboxylic acid groups (broad SMARTS) is 4. The fourth-order valence-electron chi connectivity index (χ4n) is 2.52. The molecule has 218 valence electrons. The first-order chi connectivity index (χ1) is 18.0. The van der Waals surface area contributed by atoms with Gasteiger partial charge in [0.25, 0.3) is 0 Å². The molecule has 0 heterocycles. The molecule has 0 fully saturated rings. The number of carboxylic acids is 4. The van der Waals surface area contributed by atoms with Gasteiger partial charge in [0.2, 0.25) is 0 Å². The molecule has 39 heavy (non-hydrogen) atoms. The molecule has 0 aromatic heterocycles. The van der Waals surface area contributed by atoms with Gasteiger partial charge in [-0.1, -0.05) is 0 Å². The van der Waals surface area contributed by atoms with E-state index < -0.39 is 60.6 Å². The molecular formula is C21H26F3IN4O10. The van der Waals surface area contributed by atoms with Crippen LogP contribution >= 0.6 is 22.6 Å². The van der Waals surface area contributed by atoms with Gasteiger partial charge in [0.15, 0.2) is 0 Å². The van der Waals surface area contributed by atoms with Crippen molar-refractivity contribution in [2.75, 3.05) is 11.9 Å². The predicted octanol–water partition coefficient (Wildman–Crippen LogP) is 2.29. The number of unbranched alkanes of at least 4 members (excludes halogenated alkanes) is 1. The molecule has 0 bridgehead atoms. The Morgan fingerprint density at radius 3 is 1.72 bits per heavy atom. The molecule has 1 rings (SSSR count). The Morgan fingerprint density at radius 1 is 0.795 bits per heavy atom. The predicted molar refractivity (Wildman–Crippen MR) is 135 cm³/mol. The van der Waals surface area contributed by atoms with E-state index in [1.807, 2.05) is 12.1 Å². The van der Waals surface area contributed by atoms with Crippen molar-refractivity contribution in [1.82, 2.24) is 16.0 Å². The van der Waals surface area contributed by atoms with Crippen LogP contribution < -0.4 is 21.3 Å². The van der Waals surface area contributed by atoms with Gasteiger partial charge in [-0.15, -0.1) is 0 Å². The van der Waals surface area contributed by atoms with Crippen LogP contribution in [0.4, 0.5) is 28.4 Å². The fraction of sp³-hybridized carbons (Fsp3) is 0.429. The van der Waals surface area contributed by atoms with Gasteiger partial charge in [-0.05, 0) is 72.5 Å². The van der Waals surface area contributed by atoms with E-state index in [0.29, 0.717) is 18.5 Å². The molecule has 1 aromatic rings. The molecule has 0 spiro atoms. The molecule has 14 nitrogen and oxygen atoms in total. The van der Waals surface area contributed by atoms with Crippen LogP contribution in [0.3, 0.4) is 0 Å². The van der Waals surface area contributed by atoms with E-state index in [9.17, 15) is 42.3 Å². The van der Waals surface area contributed by atoms with Crippen molar-refractivity contribution in [2.45, 2.75) is 50.4 Å². The fourth-order valence-corrected chi connectivity index (χ4v) is 2.88. The largest absolute Gasteiger partial charge is 0.490 e. The Labute approximate surface area is 232 Å². The van der Waals surface area contributed by atoms with Crippen LogP contribution in [0.25, 0.3) is 0 Å². The number of hydrogen-bond donors (Lipinski definition) is 8. The number of aliphatic carboxylic acids is 4. The van der Waals surface area contributed by atoms with Crippen LogP contribution in [0.1, 0.15) is 32.1 Å². The minimum absolute atomic E-state index is 0.0516. The lowest BCUT2D eigenvalue weighted by Gasteiger charge is -2.18. The quantitative estimate of drug-likeness (QED) is 0.112. The molecule has 4 amide bonds. The Balaban J connectivity index is 0.00000181. The molecule has 0 aliphatic rings. The molecule has 18 heteroatoms. The lowest BCUT2D eigenvalue weighted by molar-refractivity contribution is -0.192. The first kappa shape index (κ1) is 35.2. The van der Waals surface area contributed by atoms with Gasteiger partial charge in [-0.25, -0.2) is 24.0 Å². The SMILES string of the molecule is O=C(O)C(F)(F)F.O=C(O)CC[C@H](NC(=O)N[C@@H](CCCCNC(=O)Nc1ccc(I)cc1)C(=O)O)C(=O)O. The summed E-state index contributed by atoms with van der Waals surface area (Å²) >= 11 is 2.15. The minimum Gasteiger partial charge on any atom is -0.481 e. The van der Waals surface area contributed by atoms with Crippen molar-refractivity contribution in [2.24, 2.45) is 0 Å². The average Bonchev–Trinajstić information content (AvgIpc) is 2.81. The third-order valence-corrected chi connectivity index (χ3v) is 5.12. The van der Waals surface area contributed by atoms with Gasteiger partial charge in [0, 0.05) is 22.2 Å². The summed E-state index contributed by atoms with van der Waals surface area (Å²) in [6.45, 7) is 0.283. The molecule has 0 saturated heterocycles. The molecule has 0 aliphatic carbocycles. The van der Waals surface area contributed by atoms with Crippen LogP contribution in [-0.2, 0) is 19.2 Å². The highest BCUT2D eigenvalue weighted by Crippen LogP contribution is 2.13. The van der Waals surface area contributed by atoms with Crippen LogP contribution in [-0.4, -0.2) is 81.2 Å². The molecule has 0 radical (unpaired) electrons. The van der Waals surface area contributed by atoms with E-state index in [0.717, 1.165) is 3.57 Å². The van der Waals surface area contributed by atoms with E-state index in [1.54, 1.807) is 12.1 Å². The molecule has 0 saturated carbocycles. The van der Waals surface area contributed by atoms with Crippen LogP contribution in [0.2, 0.25) is 0 Å². The van der Waals surface area contributed by atoms with E-state index in [-0.39, 0.29) is 19.4 Å². The normalized spacial score (nSPS) is 12.0. The number of rotatable bonds is 13. The zero-order valence-electron chi connectivity index (χ0n) is 20.0. The molecule has 2 atom stereocenters. The summed E-state index contributed by atoms with van der Waals surface area (Å²) in [7, 11) is 0. The van der Waals surface area contributed by atoms with Gasteiger partial charge in [0.05, 0.1) is 0 Å². The highest BCUT2D eigenvalue weighted by atomic mass is 127. The van der Waals surface area contributed by atoms with Crippen molar-refractivity contribution in [1.29, 1.82) is 0 Å². The Hall–Kier alpha value is -3.84. The van der Waals surface area contributed by atoms with Crippen LogP contribution in [0.15, 0.2) is 24.3 Å². The molecular weight excluding hydrogens is 652 g/mol. The van der Waals surface area contributed by atoms with Gasteiger partial charge in [-0.3, -0.25) is 4.79 Å². The van der Waals surface area contributed by atoms with Crippen LogP contribution in [0.5, 0.6) is 0 Å². The second-order valence-corrected chi connectivity index (χ2v) is 8.76. The summed E-state index contributed by atoms with van der Waals surface area (Å²) in [5, 5.41) is 43.6. The smallest absolute Gasteiger partial charge is 0.481 e. The lowest BCUT2D eigenvalue weighted by atomic mass is 10.1. The zero-order chi connectivity index (χ0) is 30.2. The number of urea groups is 2. The molecule has 1 aromatic carbocycles. The first-order valence-electron chi connectivity index (χ1n) is 10.9. The van der Waals surface area contributed by atoms with Crippen molar-refractivity contribution in [3.05, 3.63) is 27.8 Å². The Morgan fingerprint density at radius 2 is 1.28 bits per heavy atom. The van der Waals surface area contributed by atoms with Crippen molar-refractivity contribution in [3.63, 3.8) is 0 Å². The number of nitrogens with one attached hydrogen (secondary N) is 4. The van der Waals surface area contributed by atoms with E-state index >= 15 is 0 Å². The number of carbonyl (C=O) groups is 6. The lowest BCUT2D eigenvalue weighted by Crippen LogP contribution is -2.51. The van der Waals surface area contributed by atoms with Gasteiger partial charge < -0.3 is 41.7 Å². The third-order valence-electron chi connectivity index (χ3n) is 4.40. The maximum Gasteiger partial charge on any atom is 0.490 e. The summed E-state index contributed by atoms with van der Waals surface area (Å²) in [5.74, 6) is -6.71. The highest BCUT2D eigenvalue weighted by Gasteiger charge is 2.38. The number of amides is 4. The zero-order valence-corrected chi connectivity index (χ0v) is 22.1. The van der Waals surface area contributed by atoms with E-state index in [2.05, 4.69) is 43.9 Å². The number of anilines is 1. The van der Waals surface area contributed by atoms with Gasteiger partial charge in [0.1, 0.15) is 12.1 Å². The van der Waals surface area contributed by atoms with Crippen LogP contribution in [0, 0.1) is 3.57 Å². The molecule has 0 unspecified atom stereocenters. The first-order valence-corrected chi connectivity index (χ1v) is 12.0. The summed E-state index contributed by atoms with van der Waals surface area (Å²) in [6, 6.07) is 3.04.